The van der Waals surface area contributed by atoms with Crippen LogP contribution in [0, 0.1) is 5.92 Å². The summed E-state index contributed by atoms with van der Waals surface area (Å²) >= 11 is 3.54. The van der Waals surface area contributed by atoms with E-state index < -0.39 is 0 Å². The van der Waals surface area contributed by atoms with Crippen molar-refractivity contribution in [3.05, 3.63) is 100 Å². The summed E-state index contributed by atoms with van der Waals surface area (Å²) in [5.74, 6) is 1.90. The molecule has 0 saturated heterocycles. The number of phenolic OH excluding ortho intramolecular Hbond substituents is 1. The Hall–Kier alpha value is -2.72. The minimum absolute atomic E-state index is 0.0658. The summed E-state index contributed by atoms with van der Waals surface area (Å²) in [6.07, 6.45) is 5.54. The highest BCUT2D eigenvalue weighted by Gasteiger charge is 2.39. The van der Waals surface area contributed by atoms with E-state index in [1.54, 1.807) is 6.07 Å². The van der Waals surface area contributed by atoms with E-state index in [0.717, 1.165) is 33.5 Å². The lowest BCUT2D eigenvalue weighted by molar-refractivity contribution is 0.305. The van der Waals surface area contributed by atoms with Crippen molar-refractivity contribution in [2.24, 2.45) is 5.92 Å². The molecule has 0 saturated carbocycles. The molecule has 3 nitrogen and oxygen atoms in total. The molecule has 0 fully saturated rings. The molecule has 3 aromatic carbocycles. The second-order valence-electron chi connectivity index (χ2n) is 7.70. The van der Waals surface area contributed by atoms with Crippen molar-refractivity contribution in [3.63, 3.8) is 0 Å². The fourth-order valence-corrected chi connectivity index (χ4v) is 4.86. The summed E-state index contributed by atoms with van der Waals surface area (Å²) in [6.45, 7) is 0.561. The maximum absolute atomic E-state index is 10.5. The SMILES string of the molecule is Oc1ccc(Br)cc1C1Nc2ccc(OCc3ccccc3)cc2C2C=CCC21. The third-order valence-corrected chi connectivity index (χ3v) is 6.40. The molecule has 1 heterocycles. The minimum Gasteiger partial charge on any atom is -0.508 e. The van der Waals surface area contributed by atoms with Gasteiger partial charge in [-0.25, -0.2) is 0 Å². The van der Waals surface area contributed by atoms with Gasteiger partial charge in [0.1, 0.15) is 18.1 Å². The van der Waals surface area contributed by atoms with Crippen LogP contribution in [0.25, 0.3) is 0 Å². The normalized spacial score (nSPS) is 21.9. The van der Waals surface area contributed by atoms with Crippen molar-refractivity contribution >= 4 is 21.6 Å². The van der Waals surface area contributed by atoms with Crippen molar-refractivity contribution in [1.82, 2.24) is 0 Å². The van der Waals surface area contributed by atoms with Gasteiger partial charge in [0.15, 0.2) is 0 Å². The number of nitrogens with one attached hydrogen (secondary N) is 1. The number of aromatic hydroxyl groups is 1. The first kappa shape index (κ1) is 18.3. The van der Waals surface area contributed by atoms with Gasteiger partial charge in [-0.1, -0.05) is 58.4 Å². The maximum Gasteiger partial charge on any atom is 0.120 e. The van der Waals surface area contributed by atoms with Gasteiger partial charge in [0, 0.05) is 21.6 Å². The largest absolute Gasteiger partial charge is 0.508 e. The van der Waals surface area contributed by atoms with Crippen molar-refractivity contribution < 1.29 is 9.84 Å². The predicted octanol–water partition coefficient (Wildman–Crippen LogP) is 6.56. The monoisotopic (exact) mass is 447 g/mol. The van der Waals surface area contributed by atoms with E-state index >= 15 is 0 Å². The zero-order valence-electron chi connectivity index (χ0n) is 15.9. The van der Waals surface area contributed by atoms with Crippen molar-refractivity contribution in [1.29, 1.82) is 0 Å². The second-order valence-corrected chi connectivity index (χ2v) is 8.62. The molecule has 4 heteroatoms. The number of halogens is 1. The topological polar surface area (TPSA) is 41.5 Å². The Morgan fingerprint density at radius 2 is 1.86 bits per heavy atom. The summed E-state index contributed by atoms with van der Waals surface area (Å²) in [5.41, 5.74) is 4.47. The second kappa shape index (κ2) is 7.60. The van der Waals surface area contributed by atoms with Gasteiger partial charge in [-0.2, -0.15) is 0 Å². The summed E-state index contributed by atoms with van der Waals surface area (Å²) < 4.78 is 7.03. The number of hydrogen-bond acceptors (Lipinski definition) is 3. The van der Waals surface area contributed by atoms with Gasteiger partial charge in [-0.3, -0.25) is 0 Å². The van der Waals surface area contributed by atoms with E-state index in [2.05, 4.69) is 57.7 Å². The molecule has 0 radical (unpaired) electrons. The number of fused-ring (bicyclic) bond motifs is 3. The number of hydrogen-bond donors (Lipinski definition) is 2. The minimum atomic E-state index is 0.0658. The molecular weight excluding hydrogens is 426 g/mol. The first-order valence-corrected chi connectivity index (χ1v) is 10.7. The van der Waals surface area contributed by atoms with Gasteiger partial charge in [0.2, 0.25) is 0 Å². The van der Waals surface area contributed by atoms with Gasteiger partial charge >= 0.3 is 0 Å². The number of anilines is 1. The van der Waals surface area contributed by atoms with Gasteiger partial charge in [0.05, 0.1) is 6.04 Å². The third kappa shape index (κ3) is 3.53. The Bertz CT molecular complexity index is 1060. The van der Waals surface area contributed by atoms with Crippen LogP contribution in [0.3, 0.4) is 0 Å². The Morgan fingerprint density at radius 1 is 1.00 bits per heavy atom. The van der Waals surface area contributed by atoms with E-state index in [9.17, 15) is 5.11 Å². The molecule has 146 valence electrons. The number of ether oxygens (including phenoxy) is 1. The maximum atomic E-state index is 10.5. The molecule has 3 aromatic rings. The summed E-state index contributed by atoms with van der Waals surface area (Å²) in [6, 6.07) is 22.2. The van der Waals surface area contributed by atoms with Crippen molar-refractivity contribution in [2.75, 3.05) is 5.32 Å². The number of benzene rings is 3. The fraction of sp³-hybridized carbons (Fsp3) is 0.200. The van der Waals surface area contributed by atoms with Crippen LogP contribution < -0.4 is 10.1 Å². The van der Waals surface area contributed by atoms with E-state index in [-0.39, 0.29) is 6.04 Å². The van der Waals surface area contributed by atoms with Crippen LogP contribution in [-0.4, -0.2) is 5.11 Å². The van der Waals surface area contributed by atoms with Gasteiger partial charge in [-0.15, -0.1) is 0 Å². The quantitative estimate of drug-likeness (QED) is 0.444. The molecule has 3 atom stereocenters. The van der Waals surface area contributed by atoms with Crippen LogP contribution >= 0.6 is 15.9 Å². The van der Waals surface area contributed by atoms with Crippen LogP contribution in [-0.2, 0) is 6.61 Å². The molecule has 0 bridgehead atoms. The molecule has 0 spiro atoms. The molecule has 1 aliphatic heterocycles. The molecule has 5 rings (SSSR count). The first-order valence-electron chi connectivity index (χ1n) is 9.91. The van der Waals surface area contributed by atoms with Gasteiger partial charge in [0.25, 0.3) is 0 Å². The van der Waals surface area contributed by atoms with Crippen molar-refractivity contribution in [2.45, 2.75) is 25.0 Å². The van der Waals surface area contributed by atoms with E-state index in [4.69, 9.17) is 4.74 Å². The van der Waals surface area contributed by atoms with Crippen LogP contribution in [0.5, 0.6) is 11.5 Å². The average Bonchev–Trinajstić information content (AvgIpc) is 3.24. The molecule has 1 aliphatic carbocycles. The number of allylic oxidation sites excluding steroid dienone is 2. The molecule has 3 unspecified atom stereocenters. The molecule has 2 N–H and O–H groups in total. The number of rotatable bonds is 4. The Balaban J connectivity index is 1.44. The van der Waals surface area contributed by atoms with Gasteiger partial charge in [-0.05, 0) is 59.9 Å². The lowest BCUT2D eigenvalue weighted by Crippen LogP contribution is -2.29. The Labute approximate surface area is 179 Å². The smallest absolute Gasteiger partial charge is 0.120 e. The third-order valence-electron chi connectivity index (χ3n) is 5.91. The summed E-state index contributed by atoms with van der Waals surface area (Å²) in [5, 5.41) is 14.2. The number of phenols is 1. The lowest BCUT2D eigenvalue weighted by Gasteiger charge is -2.38. The van der Waals surface area contributed by atoms with E-state index in [1.807, 2.05) is 36.4 Å². The summed E-state index contributed by atoms with van der Waals surface area (Å²) in [4.78, 5) is 0. The predicted molar refractivity (Wildman–Crippen MR) is 119 cm³/mol. The highest BCUT2D eigenvalue weighted by Crippen LogP contribution is 2.51. The first-order chi connectivity index (χ1) is 14.2. The van der Waals surface area contributed by atoms with Crippen LogP contribution in [0.1, 0.15) is 35.1 Å². The summed E-state index contributed by atoms with van der Waals surface area (Å²) in [7, 11) is 0. The molecule has 0 aromatic heterocycles. The fourth-order valence-electron chi connectivity index (χ4n) is 4.49. The molecule has 0 amide bonds. The molecule has 29 heavy (non-hydrogen) atoms. The zero-order valence-corrected chi connectivity index (χ0v) is 17.5. The highest BCUT2D eigenvalue weighted by molar-refractivity contribution is 9.10. The average molecular weight is 448 g/mol. The van der Waals surface area contributed by atoms with Crippen LogP contribution in [0.2, 0.25) is 0 Å². The Morgan fingerprint density at radius 3 is 2.72 bits per heavy atom. The zero-order chi connectivity index (χ0) is 19.8. The van der Waals surface area contributed by atoms with Crippen LogP contribution in [0.15, 0.2) is 83.4 Å². The van der Waals surface area contributed by atoms with E-state index in [0.29, 0.717) is 24.2 Å². The van der Waals surface area contributed by atoms with E-state index in [1.165, 1.54) is 5.56 Å². The molecular formula is C25H22BrNO2. The van der Waals surface area contributed by atoms with Gasteiger partial charge < -0.3 is 15.2 Å². The molecule has 2 aliphatic rings. The lowest BCUT2D eigenvalue weighted by atomic mass is 9.77. The highest BCUT2D eigenvalue weighted by atomic mass is 79.9. The standard InChI is InChI=1S/C25H22BrNO2/c26-17-9-12-24(28)22(13-17)25-20-8-4-7-19(20)21-14-18(10-11-23(21)27-25)29-15-16-5-2-1-3-6-16/h1-7,9-14,19-20,25,27-28H,8,15H2. The van der Waals surface area contributed by atoms with Crippen LogP contribution in [0.4, 0.5) is 5.69 Å². The Kier molecular flexibility index (Phi) is 4.80. The van der Waals surface area contributed by atoms with Crippen molar-refractivity contribution in [3.8, 4) is 11.5 Å².